The van der Waals surface area contributed by atoms with E-state index in [1.165, 1.54) is 11.8 Å². The molecular weight excluding hydrogens is 443 g/mol. The molecule has 4 rings (SSSR count). The van der Waals surface area contributed by atoms with Gasteiger partial charge in [0.1, 0.15) is 22.6 Å². The van der Waals surface area contributed by atoms with Crippen LogP contribution < -0.4 is 9.05 Å². The Labute approximate surface area is 190 Å². The minimum atomic E-state index is -4.14. The van der Waals surface area contributed by atoms with Gasteiger partial charge in [-0.1, -0.05) is 83.6 Å². The van der Waals surface area contributed by atoms with E-state index in [9.17, 15) is 9.83 Å². The van der Waals surface area contributed by atoms with Crippen molar-refractivity contribution in [2.24, 2.45) is 5.16 Å². The van der Waals surface area contributed by atoms with Gasteiger partial charge < -0.3 is 9.05 Å². The first-order valence-corrected chi connectivity index (χ1v) is 11.8. The summed E-state index contributed by atoms with van der Waals surface area (Å²) < 4.78 is 29.7. The Morgan fingerprint density at radius 2 is 1.34 bits per heavy atom. The summed E-state index contributed by atoms with van der Waals surface area (Å²) in [5, 5.41) is 14.0. The summed E-state index contributed by atoms with van der Waals surface area (Å²) >= 11 is 1.23. The quantitative estimate of drug-likeness (QED) is 0.219. The number of thioether (sulfide) groups is 1. The van der Waals surface area contributed by atoms with Crippen molar-refractivity contribution in [1.82, 2.24) is 0 Å². The highest BCUT2D eigenvalue weighted by Crippen LogP contribution is 2.50. The Balaban J connectivity index is 1.55. The van der Waals surface area contributed by atoms with Crippen LogP contribution >= 0.6 is 19.6 Å². The van der Waals surface area contributed by atoms with Crippen LogP contribution in [-0.2, 0) is 9.19 Å². The van der Waals surface area contributed by atoms with Crippen LogP contribution in [-0.4, -0.2) is 5.04 Å². The standard InChI is InChI=1S/C24H17N2O4PS/c25-18-22(19-10-4-1-5-11-19)23-16-17-24(32-23)26-30-31(27,28-20-12-6-2-7-13-20)29-21-14-8-3-9-15-21/h1-17H. The molecule has 158 valence electrons. The number of hydrogen-bond donors (Lipinski definition) is 0. The van der Waals surface area contributed by atoms with Gasteiger partial charge in [-0.3, -0.25) is 4.62 Å². The van der Waals surface area contributed by atoms with Crippen molar-refractivity contribution in [3.8, 4) is 17.6 Å². The Morgan fingerprint density at radius 1 is 0.812 bits per heavy atom. The molecule has 0 amide bonds. The number of hydrogen-bond acceptors (Lipinski definition) is 7. The van der Waals surface area contributed by atoms with Gasteiger partial charge in [0.2, 0.25) is 0 Å². The van der Waals surface area contributed by atoms with Crippen LogP contribution in [0.1, 0.15) is 5.56 Å². The summed E-state index contributed by atoms with van der Waals surface area (Å²) in [4.78, 5) is 0.712. The van der Waals surface area contributed by atoms with Gasteiger partial charge in [0.25, 0.3) is 0 Å². The van der Waals surface area contributed by atoms with E-state index in [0.29, 0.717) is 27.0 Å². The highest BCUT2D eigenvalue weighted by molar-refractivity contribution is 8.18. The number of phosphoric acid groups is 1. The molecule has 0 atom stereocenters. The van der Waals surface area contributed by atoms with Gasteiger partial charge in [-0.25, -0.2) is 0 Å². The molecule has 0 bridgehead atoms. The van der Waals surface area contributed by atoms with E-state index in [-0.39, 0.29) is 0 Å². The minimum absolute atomic E-state index is 0.318. The fourth-order valence-electron chi connectivity index (χ4n) is 2.74. The van der Waals surface area contributed by atoms with Crippen LogP contribution in [0.15, 0.2) is 113 Å². The van der Waals surface area contributed by atoms with Gasteiger partial charge in [-0.15, -0.1) is 0 Å². The molecule has 0 radical (unpaired) electrons. The van der Waals surface area contributed by atoms with Crippen LogP contribution in [0.25, 0.3) is 5.57 Å². The second-order valence-corrected chi connectivity index (χ2v) is 8.90. The third-order valence-corrected chi connectivity index (χ3v) is 6.29. The maximum atomic E-state index is 13.3. The Morgan fingerprint density at radius 3 is 1.88 bits per heavy atom. The largest absolute Gasteiger partial charge is 0.668 e. The molecule has 0 unspecified atom stereocenters. The van der Waals surface area contributed by atoms with Crippen molar-refractivity contribution >= 4 is 30.2 Å². The van der Waals surface area contributed by atoms with Gasteiger partial charge in [0.05, 0.1) is 5.57 Å². The summed E-state index contributed by atoms with van der Waals surface area (Å²) in [6.07, 6.45) is 3.44. The lowest BCUT2D eigenvalue weighted by molar-refractivity contribution is 0.219. The van der Waals surface area contributed by atoms with Gasteiger partial charge in [-0.2, -0.15) is 9.83 Å². The average molecular weight is 460 g/mol. The highest BCUT2D eigenvalue weighted by Gasteiger charge is 2.33. The Hall–Kier alpha value is -3.72. The third-order valence-electron chi connectivity index (χ3n) is 4.16. The van der Waals surface area contributed by atoms with Crippen LogP contribution in [0, 0.1) is 11.3 Å². The van der Waals surface area contributed by atoms with Crippen molar-refractivity contribution in [2.45, 2.75) is 0 Å². The lowest BCUT2D eigenvalue weighted by atomic mass is 10.1. The second-order valence-electron chi connectivity index (χ2n) is 6.42. The smallest absolute Gasteiger partial charge is 0.385 e. The zero-order valence-electron chi connectivity index (χ0n) is 16.7. The van der Waals surface area contributed by atoms with Crippen molar-refractivity contribution in [2.75, 3.05) is 0 Å². The summed E-state index contributed by atoms with van der Waals surface area (Å²) in [5.74, 6) is 0.635. The SMILES string of the molecule is N#CC(=C1C=CC(=NOP(=O)(Oc2ccccc2)Oc2ccccc2)S1)c1ccccc1. The average Bonchev–Trinajstić information content (AvgIpc) is 3.29. The molecule has 0 aliphatic carbocycles. The lowest BCUT2D eigenvalue weighted by Crippen LogP contribution is -2.03. The monoisotopic (exact) mass is 460 g/mol. The van der Waals surface area contributed by atoms with E-state index in [0.717, 1.165) is 5.56 Å². The summed E-state index contributed by atoms with van der Waals surface area (Å²) in [6.45, 7) is 0. The van der Waals surface area contributed by atoms with E-state index in [4.69, 9.17) is 13.7 Å². The maximum Gasteiger partial charge on any atom is 0.668 e. The first-order valence-electron chi connectivity index (χ1n) is 9.57. The molecule has 32 heavy (non-hydrogen) atoms. The van der Waals surface area contributed by atoms with Gasteiger partial charge in [0, 0.05) is 4.91 Å². The van der Waals surface area contributed by atoms with Crippen LogP contribution in [0.2, 0.25) is 0 Å². The number of rotatable bonds is 7. The summed E-state index contributed by atoms with van der Waals surface area (Å²) in [6, 6.07) is 28.7. The molecule has 0 aromatic heterocycles. The van der Waals surface area contributed by atoms with E-state index in [1.807, 2.05) is 42.5 Å². The summed E-state index contributed by atoms with van der Waals surface area (Å²) in [5.41, 5.74) is 1.32. The van der Waals surface area contributed by atoms with Crippen molar-refractivity contribution in [3.05, 3.63) is 114 Å². The molecule has 6 nitrogen and oxygen atoms in total. The van der Waals surface area contributed by atoms with Crippen LogP contribution in [0.4, 0.5) is 0 Å². The molecule has 0 saturated heterocycles. The summed E-state index contributed by atoms with van der Waals surface area (Å²) in [7, 11) is -4.14. The normalized spacial score (nSPS) is 15.8. The fourth-order valence-corrected chi connectivity index (χ4v) is 4.69. The number of nitriles is 1. The van der Waals surface area contributed by atoms with Crippen molar-refractivity contribution in [1.29, 1.82) is 5.26 Å². The molecule has 0 saturated carbocycles. The van der Waals surface area contributed by atoms with Gasteiger partial charge in [0.15, 0.2) is 0 Å². The number of para-hydroxylation sites is 2. The third kappa shape index (κ3) is 5.50. The second kappa shape index (κ2) is 10.1. The lowest BCUT2D eigenvalue weighted by Gasteiger charge is -2.16. The van der Waals surface area contributed by atoms with E-state index >= 15 is 0 Å². The molecule has 8 heteroatoms. The number of oxime groups is 1. The fraction of sp³-hybridized carbons (Fsp3) is 0. The molecular formula is C24H17N2O4PS. The van der Waals surface area contributed by atoms with Crippen LogP contribution in [0.3, 0.4) is 0 Å². The topological polar surface area (TPSA) is 80.9 Å². The number of benzene rings is 3. The molecule has 1 aliphatic rings. The molecule has 3 aromatic carbocycles. The molecule has 3 aromatic rings. The highest BCUT2D eigenvalue weighted by atomic mass is 32.2. The number of phosphoric ester groups is 1. The zero-order chi connectivity index (χ0) is 22.2. The van der Waals surface area contributed by atoms with Gasteiger partial charge in [-0.05, 0) is 42.0 Å². The molecule has 0 fully saturated rings. The van der Waals surface area contributed by atoms with Gasteiger partial charge >= 0.3 is 7.82 Å². The van der Waals surface area contributed by atoms with E-state index in [2.05, 4.69) is 11.2 Å². The molecule has 0 spiro atoms. The molecule has 1 heterocycles. The Bertz CT molecular complexity index is 1210. The maximum absolute atomic E-state index is 13.3. The molecule has 0 N–H and O–H groups in total. The van der Waals surface area contributed by atoms with E-state index in [1.54, 1.807) is 60.7 Å². The van der Waals surface area contributed by atoms with E-state index < -0.39 is 7.82 Å². The first-order chi connectivity index (χ1) is 15.6. The molecule has 1 aliphatic heterocycles. The predicted molar refractivity (Wildman–Crippen MR) is 126 cm³/mol. The predicted octanol–water partition coefficient (Wildman–Crippen LogP) is 6.82. The first kappa shape index (κ1) is 21.5. The number of allylic oxidation sites excluding steroid dienone is 2. The van der Waals surface area contributed by atoms with Crippen LogP contribution in [0.5, 0.6) is 11.5 Å². The Kier molecular flexibility index (Phi) is 6.76. The minimum Gasteiger partial charge on any atom is -0.385 e. The number of nitrogens with zero attached hydrogens (tertiary/aromatic N) is 2. The van der Waals surface area contributed by atoms with Crippen molar-refractivity contribution < 1.29 is 18.2 Å². The van der Waals surface area contributed by atoms with Crippen molar-refractivity contribution in [3.63, 3.8) is 0 Å². The zero-order valence-corrected chi connectivity index (χ0v) is 18.4.